The number of benzene rings is 1. The minimum absolute atomic E-state index is 0.0370. The second kappa shape index (κ2) is 3.73. The molecule has 1 heterocycles. The van der Waals surface area contributed by atoms with E-state index < -0.39 is 0 Å². The average molecular weight is 254 g/mol. The first-order valence-electron chi connectivity index (χ1n) is 4.75. The van der Waals surface area contributed by atoms with Crippen LogP contribution in [0.1, 0.15) is 24.0 Å². The van der Waals surface area contributed by atoms with Gasteiger partial charge in [0.2, 0.25) is 5.91 Å². The second-order valence-electron chi connectivity index (χ2n) is 3.57. The van der Waals surface area contributed by atoms with Gasteiger partial charge in [0.25, 0.3) is 0 Å². The average Bonchev–Trinajstić information content (AvgIpc) is 2.31. The highest BCUT2D eigenvalue weighted by molar-refractivity contribution is 9.10. The lowest BCUT2D eigenvalue weighted by Crippen LogP contribution is -2.26. The van der Waals surface area contributed by atoms with Gasteiger partial charge in [-0.15, -0.1) is 0 Å². The molecule has 1 amide bonds. The monoisotopic (exact) mass is 253 g/mol. The van der Waals surface area contributed by atoms with Crippen LogP contribution >= 0.6 is 15.9 Å². The topological polar surface area (TPSA) is 29.1 Å². The lowest BCUT2D eigenvalue weighted by atomic mass is 9.95. The molecule has 74 valence electrons. The molecular formula is C11H12BrNO. The van der Waals surface area contributed by atoms with Crippen LogP contribution in [0.5, 0.6) is 0 Å². The van der Waals surface area contributed by atoms with Gasteiger partial charge >= 0.3 is 0 Å². The van der Waals surface area contributed by atoms with E-state index in [1.54, 1.807) is 0 Å². The third-order valence-electron chi connectivity index (χ3n) is 2.69. The van der Waals surface area contributed by atoms with E-state index in [2.05, 4.69) is 21.2 Å². The molecule has 0 spiro atoms. The van der Waals surface area contributed by atoms with Crippen LogP contribution in [0.15, 0.2) is 22.7 Å². The van der Waals surface area contributed by atoms with Crippen LogP contribution in [0.25, 0.3) is 0 Å². The molecule has 0 aliphatic carbocycles. The number of nitrogens with one attached hydrogen (secondary N) is 1. The maximum absolute atomic E-state index is 11.6. The van der Waals surface area contributed by atoms with Gasteiger partial charge in [0.15, 0.2) is 0 Å². The summed E-state index contributed by atoms with van der Waals surface area (Å²) in [6.45, 7) is 2.69. The van der Waals surface area contributed by atoms with Crippen molar-refractivity contribution >= 4 is 21.8 Å². The Hall–Kier alpha value is -0.830. The van der Waals surface area contributed by atoms with Gasteiger partial charge in [-0.1, -0.05) is 28.1 Å². The summed E-state index contributed by atoms with van der Waals surface area (Å²) in [5.41, 5.74) is 2.41. The fraction of sp³-hybridized carbons (Fsp3) is 0.364. The Labute approximate surface area is 91.8 Å². The Morgan fingerprint density at radius 1 is 1.50 bits per heavy atom. The fourth-order valence-electron chi connectivity index (χ4n) is 1.85. The van der Waals surface area contributed by atoms with Crippen LogP contribution in [0.3, 0.4) is 0 Å². The number of carbonyl (C=O) groups excluding carboxylic acids is 1. The van der Waals surface area contributed by atoms with E-state index in [4.69, 9.17) is 0 Å². The molecule has 1 aliphatic rings. The Balaban J connectivity index is 2.53. The summed E-state index contributed by atoms with van der Waals surface area (Å²) < 4.78 is 1.11. The molecule has 0 fully saturated rings. The van der Waals surface area contributed by atoms with E-state index in [9.17, 15) is 4.79 Å². The highest BCUT2D eigenvalue weighted by Gasteiger charge is 2.22. The minimum Gasteiger partial charge on any atom is -0.355 e. The van der Waals surface area contributed by atoms with Crippen LogP contribution in [-0.4, -0.2) is 12.5 Å². The molecular weight excluding hydrogens is 242 g/mol. The third kappa shape index (κ3) is 1.57. The molecule has 0 saturated heterocycles. The Bertz CT molecular complexity index is 376. The SMILES string of the molecule is CC1C(=O)NCCc2c(Br)cccc21. The van der Waals surface area contributed by atoms with Crippen LogP contribution < -0.4 is 5.32 Å². The third-order valence-corrected chi connectivity index (χ3v) is 3.43. The highest BCUT2D eigenvalue weighted by atomic mass is 79.9. The predicted molar refractivity (Wildman–Crippen MR) is 59.3 cm³/mol. The van der Waals surface area contributed by atoms with E-state index in [-0.39, 0.29) is 11.8 Å². The van der Waals surface area contributed by atoms with E-state index in [1.807, 2.05) is 25.1 Å². The number of amides is 1. The molecule has 0 bridgehead atoms. The number of rotatable bonds is 0. The quantitative estimate of drug-likeness (QED) is 0.755. The molecule has 0 saturated carbocycles. The van der Waals surface area contributed by atoms with E-state index in [0.717, 1.165) is 23.0 Å². The zero-order chi connectivity index (χ0) is 10.1. The number of fused-ring (bicyclic) bond motifs is 1. The molecule has 1 aromatic rings. The van der Waals surface area contributed by atoms with Crippen LogP contribution in [0.2, 0.25) is 0 Å². The summed E-state index contributed by atoms with van der Waals surface area (Å²) in [4.78, 5) is 11.6. The highest BCUT2D eigenvalue weighted by Crippen LogP contribution is 2.28. The Morgan fingerprint density at radius 2 is 2.29 bits per heavy atom. The summed E-state index contributed by atoms with van der Waals surface area (Å²) in [5, 5.41) is 2.91. The number of halogens is 1. The van der Waals surface area contributed by atoms with Crippen LogP contribution in [0, 0.1) is 0 Å². The summed E-state index contributed by atoms with van der Waals surface area (Å²) in [6, 6.07) is 6.05. The molecule has 1 aromatic carbocycles. The maximum atomic E-state index is 11.6. The molecule has 1 atom stereocenters. The van der Waals surface area contributed by atoms with E-state index in [1.165, 1.54) is 5.56 Å². The van der Waals surface area contributed by atoms with Gasteiger partial charge in [0.1, 0.15) is 0 Å². The zero-order valence-electron chi connectivity index (χ0n) is 8.01. The summed E-state index contributed by atoms with van der Waals surface area (Å²) >= 11 is 3.53. The van der Waals surface area contributed by atoms with Gasteiger partial charge in [-0.25, -0.2) is 0 Å². The lowest BCUT2D eigenvalue weighted by molar-refractivity contribution is -0.121. The standard InChI is InChI=1S/C11H12BrNO/c1-7-8-3-2-4-10(12)9(8)5-6-13-11(7)14/h2-4,7H,5-6H2,1H3,(H,13,14). The lowest BCUT2D eigenvalue weighted by Gasteiger charge is -2.11. The second-order valence-corrected chi connectivity index (χ2v) is 4.42. The molecule has 1 aliphatic heterocycles. The van der Waals surface area contributed by atoms with Gasteiger partial charge in [0, 0.05) is 11.0 Å². The first-order valence-corrected chi connectivity index (χ1v) is 5.54. The van der Waals surface area contributed by atoms with Gasteiger partial charge < -0.3 is 5.32 Å². The van der Waals surface area contributed by atoms with Crippen molar-refractivity contribution in [2.45, 2.75) is 19.3 Å². The molecule has 1 unspecified atom stereocenters. The van der Waals surface area contributed by atoms with Crippen molar-refractivity contribution in [3.63, 3.8) is 0 Å². The number of hydrogen-bond donors (Lipinski definition) is 1. The normalized spacial score (nSPS) is 21.0. The molecule has 0 aromatic heterocycles. The van der Waals surface area contributed by atoms with Gasteiger partial charge in [0.05, 0.1) is 5.92 Å². The van der Waals surface area contributed by atoms with Crippen LogP contribution in [-0.2, 0) is 11.2 Å². The van der Waals surface area contributed by atoms with Crippen molar-refractivity contribution in [1.82, 2.24) is 5.32 Å². The fourth-order valence-corrected chi connectivity index (χ4v) is 2.43. The Kier molecular flexibility index (Phi) is 2.59. The van der Waals surface area contributed by atoms with Gasteiger partial charge in [-0.3, -0.25) is 4.79 Å². The molecule has 2 rings (SSSR count). The molecule has 3 heteroatoms. The number of hydrogen-bond acceptors (Lipinski definition) is 1. The van der Waals surface area contributed by atoms with E-state index >= 15 is 0 Å². The van der Waals surface area contributed by atoms with Crippen molar-refractivity contribution < 1.29 is 4.79 Å². The Morgan fingerprint density at radius 3 is 3.07 bits per heavy atom. The maximum Gasteiger partial charge on any atom is 0.227 e. The first kappa shape index (κ1) is 9.71. The molecule has 1 N–H and O–H groups in total. The van der Waals surface area contributed by atoms with E-state index in [0.29, 0.717) is 0 Å². The predicted octanol–water partition coefficient (Wildman–Crippen LogP) is 2.22. The van der Waals surface area contributed by atoms with Crippen molar-refractivity contribution in [2.24, 2.45) is 0 Å². The summed E-state index contributed by atoms with van der Waals surface area (Å²) in [5.74, 6) is 0.0897. The minimum atomic E-state index is -0.0370. The van der Waals surface area contributed by atoms with Crippen molar-refractivity contribution in [3.05, 3.63) is 33.8 Å². The van der Waals surface area contributed by atoms with Crippen molar-refractivity contribution in [3.8, 4) is 0 Å². The molecule has 14 heavy (non-hydrogen) atoms. The molecule has 0 radical (unpaired) electrons. The van der Waals surface area contributed by atoms with Crippen molar-refractivity contribution in [2.75, 3.05) is 6.54 Å². The summed E-state index contributed by atoms with van der Waals surface area (Å²) in [7, 11) is 0. The zero-order valence-corrected chi connectivity index (χ0v) is 9.60. The molecule has 2 nitrogen and oxygen atoms in total. The first-order chi connectivity index (χ1) is 6.70. The smallest absolute Gasteiger partial charge is 0.227 e. The number of carbonyl (C=O) groups is 1. The van der Waals surface area contributed by atoms with Crippen molar-refractivity contribution in [1.29, 1.82) is 0 Å². The van der Waals surface area contributed by atoms with Crippen LogP contribution in [0.4, 0.5) is 0 Å². The van der Waals surface area contributed by atoms with Gasteiger partial charge in [-0.2, -0.15) is 0 Å². The largest absolute Gasteiger partial charge is 0.355 e. The summed E-state index contributed by atoms with van der Waals surface area (Å²) in [6.07, 6.45) is 0.910. The van der Waals surface area contributed by atoms with Gasteiger partial charge in [-0.05, 0) is 30.5 Å².